The molecule has 2 rings (SSSR count). The van der Waals surface area contributed by atoms with Gasteiger partial charge in [-0.1, -0.05) is 29.8 Å². The van der Waals surface area contributed by atoms with Gasteiger partial charge in [-0.05, 0) is 19.4 Å². The van der Waals surface area contributed by atoms with E-state index >= 15 is 0 Å². The quantitative estimate of drug-likeness (QED) is 0.841. The summed E-state index contributed by atoms with van der Waals surface area (Å²) in [6, 6.07) is 8.30. The largest absolute Gasteiger partial charge is 0.320 e. The first-order chi connectivity index (χ1) is 7.18. The van der Waals surface area contributed by atoms with Crippen LogP contribution in [0.1, 0.15) is 27.7 Å². The molecule has 0 aliphatic carbocycles. The highest BCUT2D eigenvalue weighted by Gasteiger charge is 2.13. The minimum atomic E-state index is -0.0434. The van der Waals surface area contributed by atoms with Gasteiger partial charge in [0.2, 0.25) is 0 Å². The van der Waals surface area contributed by atoms with Crippen molar-refractivity contribution in [3.05, 3.63) is 51.5 Å². The minimum absolute atomic E-state index is 0.0434. The van der Waals surface area contributed by atoms with Gasteiger partial charge in [-0.15, -0.1) is 11.3 Å². The lowest BCUT2D eigenvalue weighted by atomic mass is 10.0. The second-order valence-corrected chi connectivity index (χ2v) is 4.58. The van der Waals surface area contributed by atoms with Gasteiger partial charge in [0.25, 0.3) is 0 Å². The molecule has 78 valence electrons. The van der Waals surface area contributed by atoms with Crippen molar-refractivity contribution in [2.45, 2.75) is 19.9 Å². The van der Waals surface area contributed by atoms with Gasteiger partial charge in [0.1, 0.15) is 0 Å². The first-order valence-electron chi connectivity index (χ1n) is 4.90. The van der Waals surface area contributed by atoms with Gasteiger partial charge in [-0.3, -0.25) is 0 Å². The molecular weight excluding hydrogens is 204 g/mol. The molecule has 0 amide bonds. The fraction of sp³-hybridized carbons (Fsp3) is 0.250. The van der Waals surface area contributed by atoms with Crippen molar-refractivity contribution >= 4 is 11.3 Å². The zero-order valence-electron chi connectivity index (χ0n) is 8.90. The van der Waals surface area contributed by atoms with Crippen molar-refractivity contribution in [2.24, 2.45) is 5.73 Å². The molecule has 15 heavy (non-hydrogen) atoms. The van der Waals surface area contributed by atoms with E-state index in [0.717, 1.165) is 16.1 Å². The van der Waals surface area contributed by atoms with Crippen molar-refractivity contribution in [3.63, 3.8) is 0 Å². The number of aryl methyl sites for hydroxylation is 2. The highest BCUT2D eigenvalue weighted by Crippen LogP contribution is 2.25. The zero-order valence-corrected chi connectivity index (χ0v) is 9.71. The number of thiazole rings is 1. The van der Waals surface area contributed by atoms with Crippen LogP contribution in [-0.4, -0.2) is 4.98 Å². The summed E-state index contributed by atoms with van der Waals surface area (Å²) in [5.41, 5.74) is 11.5. The maximum atomic E-state index is 6.18. The van der Waals surface area contributed by atoms with Crippen LogP contribution in [0.5, 0.6) is 0 Å². The molecule has 0 bridgehead atoms. The Labute approximate surface area is 93.8 Å². The van der Waals surface area contributed by atoms with Crippen molar-refractivity contribution in [2.75, 3.05) is 0 Å². The fourth-order valence-electron chi connectivity index (χ4n) is 1.53. The molecular formula is C12H14N2S. The van der Waals surface area contributed by atoms with Crippen LogP contribution in [0.15, 0.2) is 29.8 Å². The Hall–Kier alpha value is -1.19. The van der Waals surface area contributed by atoms with Crippen molar-refractivity contribution in [1.82, 2.24) is 4.98 Å². The SMILES string of the molecule is Cc1ccc(C(N)c2scnc2C)cc1. The van der Waals surface area contributed by atoms with Gasteiger partial charge >= 0.3 is 0 Å². The molecule has 0 spiro atoms. The maximum absolute atomic E-state index is 6.18. The van der Waals surface area contributed by atoms with Gasteiger partial charge in [-0.2, -0.15) is 0 Å². The van der Waals surface area contributed by atoms with Crippen LogP contribution in [-0.2, 0) is 0 Å². The lowest BCUT2D eigenvalue weighted by molar-refractivity contribution is 0.877. The molecule has 1 aromatic heterocycles. The minimum Gasteiger partial charge on any atom is -0.320 e. The normalized spacial score (nSPS) is 12.7. The van der Waals surface area contributed by atoms with E-state index in [4.69, 9.17) is 5.73 Å². The van der Waals surface area contributed by atoms with Gasteiger partial charge in [-0.25, -0.2) is 4.98 Å². The predicted molar refractivity (Wildman–Crippen MR) is 64.1 cm³/mol. The van der Waals surface area contributed by atoms with Crippen LogP contribution >= 0.6 is 11.3 Å². The molecule has 0 saturated heterocycles. The zero-order chi connectivity index (χ0) is 10.8. The van der Waals surface area contributed by atoms with Crippen LogP contribution < -0.4 is 5.73 Å². The number of aromatic nitrogens is 1. The van der Waals surface area contributed by atoms with Crippen molar-refractivity contribution in [3.8, 4) is 0 Å². The number of nitrogens with zero attached hydrogens (tertiary/aromatic N) is 1. The Kier molecular flexibility index (Phi) is 2.84. The summed E-state index contributed by atoms with van der Waals surface area (Å²) in [7, 11) is 0. The maximum Gasteiger partial charge on any atom is 0.0798 e. The highest BCUT2D eigenvalue weighted by molar-refractivity contribution is 7.09. The molecule has 0 saturated carbocycles. The average molecular weight is 218 g/mol. The van der Waals surface area contributed by atoms with Gasteiger partial charge in [0, 0.05) is 4.88 Å². The van der Waals surface area contributed by atoms with Gasteiger partial charge < -0.3 is 5.73 Å². The van der Waals surface area contributed by atoms with E-state index < -0.39 is 0 Å². The molecule has 0 aliphatic rings. The Balaban J connectivity index is 2.32. The summed E-state index contributed by atoms with van der Waals surface area (Å²) in [6.07, 6.45) is 0. The molecule has 2 N–H and O–H groups in total. The lowest BCUT2D eigenvalue weighted by Gasteiger charge is -2.10. The summed E-state index contributed by atoms with van der Waals surface area (Å²) in [5.74, 6) is 0. The fourth-order valence-corrected chi connectivity index (χ4v) is 2.36. The third kappa shape index (κ3) is 2.08. The smallest absolute Gasteiger partial charge is 0.0798 e. The van der Waals surface area contributed by atoms with E-state index in [9.17, 15) is 0 Å². The number of nitrogens with two attached hydrogens (primary N) is 1. The van der Waals surface area contributed by atoms with Gasteiger partial charge in [0.15, 0.2) is 0 Å². The van der Waals surface area contributed by atoms with E-state index in [1.807, 2.05) is 12.4 Å². The molecule has 0 aliphatic heterocycles. The summed E-state index contributed by atoms with van der Waals surface area (Å²) in [5, 5.41) is 0. The molecule has 1 atom stereocenters. The monoisotopic (exact) mass is 218 g/mol. The Bertz CT molecular complexity index is 445. The molecule has 0 fully saturated rings. The van der Waals surface area contributed by atoms with Crippen LogP contribution in [0.4, 0.5) is 0 Å². The lowest BCUT2D eigenvalue weighted by Crippen LogP contribution is -2.11. The summed E-state index contributed by atoms with van der Waals surface area (Å²) < 4.78 is 0. The van der Waals surface area contributed by atoms with Crippen molar-refractivity contribution in [1.29, 1.82) is 0 Å². The van der Waals surface area contributed by atoms with Crippen LogP contribution in [0.25, 0.3) is 0 Å². The van der Waals surface area contributed by atoms with Crippen molar-refractivity contribution < 1.29 is 0 Å². The second-order valence-electron chi connectivity index (χ2n) is 3.69. The highest BCUT2D eigenvalue weighted by atomic mass is 32.1. The number of hydrogen-bond acceptors (Lipinski definition) is 3. The van der Waals surface area contributed by atoms with Crippen LogP contribution in [0.3, 0.4) is 0 Å². The second kappa shape index (κ2) is 4.13. The number of hydrogen-bond donors (Lipinski definition) is 1. The van der Waals surface area contributed by atoms with E-state index in [1.165, 1.54) is 5.56 Å². The summed E-state index contributed by atoms with van der Waals surface area (Å²) >= 11 is 1.62. The molecule has 1 heterocycles. The van der Waals surface area contributed by atoms with E-state index in [-0.39, 0.29) is 6.04 Å². The molecule has 2 aromatic rings. The summed E-state index contributed by atoms with van der Waals surface area (Å²) in [4.78, 5) is 5.37. The Morgan fingerprint density at radius 3 is 2.40 bits per heavy atom. The Morgan fingerprint density at radius 1 is 1.20 bits per heavy atom. The predicted octanol–water partition coefficient (Wildman–Crippen LogP) is 2.81. The van der Waals surface area contributed by atoms with Crippen LogP contribution in [0, 0.1) is 13.8 Å². The third-order valence-corrected chi connectivity index (χ3v) is 3.52. The molecule has 2 nitrogen and oxygen atoms in total. The molecule has 1 unspecified atom stereocenters. The molecule has 1 aromatic carbocycles. The van der Waals surface area contributed by atoms with E-state index in [0.29, 0.717) is 0 Å². The molecule has 0 radical (unpaired) electrons. The summed E-state index contributed by atoms with van der Waals surface area (Å²) in [6.45, 7) is 4.08. The number of rotatable bonds is 2. The van der Waals surface area contributed by atoms with E-state index in [2.05, 4.69) is 36.2 Å². The Morgan fingerprint density at radius 2 is 1.87 bits per heavy atom. The molecule has 3 heteroatoms. The first-order valence-corrected chi connectivity index (χ1v) is 5.78. The third-order valence-electron chi connectivity index (χ3n) is 2.50. The van der Waals surface area contributed by atoms with Crippen LogP contribution in [0.2, 0.25) is 0 Å². The standard InChI is InChI=1S/C12H14N2S/c1-8-3-5-10(6-4-8)11(13)12-9(2)14-7-15-12/h3-7,11H,13H2,1-2H3. The number of benzene rings is 1. The average Bonchev–Trinajstić information content (AvgIpc) is 2.65. The van der Waals surface area contributed by atoms with E-state index in [1.54, 1.807) is 11.3 Å². The topological polar surface area (TPSA) is 38.9 Å². The van der Waals surface area contributed by atoms with Gasteiger partial charge in [0.05, 0.1) is 17.2 Å². The first kappa shape index (κ1) is 10.3.